The summed E-state index contributed by atoms with van der Waals surface area (Å²) in [6.07, 6.45) is 19.4. The van der Waals surface area contributed by atoms with Gasteiger partial charge in [0.15, 0.2) is 13.1 Å². The van der Waals surface area contributed by atoms with Crippen molar-refractivity contribution in [3.05, 3.63) is 118 Å². The second kappa shape index (κ2) is 17.6. The lowest BCUT2D eigenvalue weighted by atomic mass is 10.1. The van der Waals surface area contributed by atoms with Gasteiger partial charge < -0.3 is 9.80 Å². The molecular formula is C44H52N4S2+2. The minimum atomic E-state index is 1.08. The summed E-state index contributed by atoms with van der Waals surface area (Å²) in [6, 6.07) is 35.2. The summed E-state index contributed by atoms with van der Waals surface area (Å²) in [6.45, 7) is 2.15. The zero-order valence-corrected chi connectivity index (χ0v) is 31.9. The van der Waals surface area contributed by atoms with Gasteiger partial charge in [-0.15, -0.1) is 0 Å². The number of para-hydroxylation sites is 2. The first kappa shape index (κ1) is 35.6. The molecule has 4 aromatic carbocycles. The Bertz CT molecular complexity index is 1870. The van der Waals surface area contributed by atoms with E-state index in [1.165, 1.54) is 104 Å². The van der Waals surface area contributed by atoms with Crippen LogP contribution in [0.1, 0.15) is 72.5 Å². The molecule has 6 heteroatoms. The van der Waals surface area contributed by atoms with Gasteiger partial charge in [-0.2, -0.15) is 9.13 Å². The normalized spacial score (nSPS) is 11.8. The lowest BCUT2D eigenvalue weighted by Gasteiger charge is -2.11. The summed E-state index contributed by atoms with van der Waals surface area (Å²) >= 11 is 3.79. The highest BCUT2D eigenvalue weighted by atomic mass is 32.1. The maximum Gasteiger partial charge on any atom is 0.262 e. The predicted molar refractivity (Wildman–Crippen MR) is 220 cm³/mol. The van der Waals surface area contributed by atoms with Crippen molar-refractivity contribution in [1.29, 1.82) is 0 Å². The van der Waals surface area contributed by atoms with Crippen molar-refractivity contribution in [1.82, 2.24) is 0 Å². The Balaban J connectivity index is 0.946. The number of benzene rings is 4. The summed E-state index contributed by atoms with van der Waals surface area (Å²) in [7, 11) is 8.34. The Kier molecular flexibility index (Phi) is 12.5. The molecule has 0 fully saturated rings. The molecule has 0 spiro atoms. The van der Waals surface area contributed by atoms with E-state index in [0.717, 1.165) is 13.1 Å². The third kappa shape index (κ3) is 9.29. The van der Waals surface area contributed by atoms with Crippen molar-refractivity contribution in [3.8, 4) is 0 Å². The topological polar surface area (TPSA) is 14.2 Å². The van der Waals surface area contributed by atoms with Crippen LogP contribution in [0.2, 0.25) is 0 Å². The van der Waals surface area contributed by atoms with Crippen LogP contribution in [0.5, 0.6) is 0 Å². The summed E-state index contributed by atoms with van der Waals surface area (Å²) in [5.41, 5.74) is 7.64. The van der Waals surface area contributed by atoms with Crippen LogP contribution >= 0.6 is 22.7 Å². The van der Waals surface area contributed by atoms with Gasteiger partial charge in [0.05, 0.1) is 0 Å². The molecule has 0 aliphatic heterocycles. The van der Waals surface area contributed by atoms with Gasteiger partial charge in [-0.25, -0.2) is 0 Å². The summed E-state index contributed by atoms with van der Waals surface area (Å²) in [5.74, 6) is 0. The monoisotopic (exact) mass is 700 g/mol. The van der Waals surface area contributed by atoms with Crippen molar-refractivity contribution in [3.63, 3.8) is 0 Å². The summed E-state index contributed by atoms with van der Waals surface area (Å²) in [4.78, 5) is 4.28. The molecule has 0 aliphatic carbocycles. The van der Waals surface area contributed by atoms with E-state index in [2.05, 4.69) is 168 Å². The molecule has 0 saturated carbocycles. The Morgan fingerprint density at radius 1 is 0.440 bits per heavy atom. The highest BCUT2D eigenvalue weighted by Gasteiger charge is 2.19. The van der Waals surface area contributed by atoms with Crippen LogP contribution in [-0.4, -0.2) is 28.2 Å². The minimum absolute atomic E-state index is 1.08. The number of thiazole rings is 2. The van der Waals surface area contributed by atoms with E-state index in [4.69, 9.17) is 0 Å². The number of fused-ring (bicyclic) bond motifs is 2. The van der Waals surface area contributed by atoms with Gasteiger partial charge in [0, 0.05) is 76.7 Å². The number of aryl methyl sites for hydroxylation is 2. The van der Waals surface area contributed by atoms with Crippen LogP contribution < -0.4 is 18.9 Å². The average molecular weight is 701 g/mol. The molecule has 6 rings (SSSR count). The quantitative estimate of drug-likeness (QED) is 0.0695. The highest BCUT2D eigenvalue weighted by molar-refractivity contribution is 7.19. The zero-order valence-electron chi connectivity index (χ0n) is 30.2. The van der Waals surface area contributed by atoms with Crippen molar-refractivity contribution >= 4 is 78.8 Å². The number of rotatable bonds is 17. The maximum atomic E-state index is 2.53. The second-order valence-corrected chi connectivity index (χ2v) is 15.7. The van der Waals surface area contributed by atoms with Crippen LogP contribution in [0.15, 0.2) is 97.1 Å². The van der Waals surface area contributed by atoms with Crippen LogP contribution in [0.3, 0.4) is 0 Å². The van der Waals surface area contributed by atoms with Gasteiger partial charge in [0.2, 0.25) is 11.0 Å². The fourth-order valence-corrected chi connectivity index (χ4v) is 8.70. The number of anilines is 2. The molecule has 2 aromatic heterocycles. The van der Waals surface area contributed by atoms with Crippen molar-refractivity contribution < 1.29 is 9.13 Å². The van der Waals surface area contributed by atoms with E-state index in [1.54, 1.807) is 0 Å². The Morgan fingerprint density at radius 3 is 1.18 bits per heavy atom. The van der Waals surface area contributed by atoms with E-state index in [-0.39, 0.29) is 0 Å². The largest absolute Gasteiger partial charge is 0.378 e. The Hall–Kier alpha value is -4.26. The highest BCUT2D eigenvalue weighted by Crippen LogP contribution is 2.25. The molecule has 0 bridgehead atoms. The van der Waals surface area contributed by atoms with E-state index in [9.17, 15) is 0 Å². The fraction of sp³-hybridized carbons (Fsp3) is 0.318. The van der Waals surface area contributed by atoms with Crippen molar-refractivity contribution in [2.75, 3.05) is 38.0 Å². The summed E-state index contributed by atoms with van der Waals surface area (Å²) in [5, 5.41) is 2.66. The fourth-order valence-electron chi connectivity index (χ4n) is 6.52. The minimum Gasteiger partial charge on any atom is -0.378 e. The molecule has 0 amide bonds. The predicted octanol–water partition coefficient (Wildman–Crippen LogP) is 11.0. The molecule has 0 atom stereocenters. The van der Waals surface area contributed by atoms with E-state index in [1.807, 2.05) is 22.7 Å². The number of hydrogen-bond donors (Lipinski definition) is 0. The van der Waals surface area contributed by atoms with Crippen LogP contribution in [0.4, 0.5) is 11.4 Å². The number of hydrogen-bond acceptors (Lipinski definition) is 4. The SMILES string of the molecule is CN(C)c1ccc(C=Cc2sc3ccccc3[n+]2CCCCCCCCCC[n+]2c(C=Cc3ccc(N(C)C)cc3)sc3ccccc32)cc1. The number of unbranched alkanes of at least 4 members (excludes halogenated alkanes) is 7. The lowest BCUT2D eigenvalue weighted by molar-refractivity contribution is -0.669. The molecule has 6 aromatic rings. The van der Waals surface area contributed by atoms with Crippen LogP contribution in [-0.2, 0) is 13.1 Å². The first-order valence-corrected chi connectivity index (χ1v) is 19.8. The first-order chi connectivity index (χ1) is 24.5. The van der Waals surface area contributed by atoms with Crippen molar-refractivity contribution in [2.24, 2.45) is 0 Å². The standard InChI is InChI=1S/C44H52N4S2/c1-45(2)37-27-21-35(22-28-37)25-31-43-47(39-17-11-13-19-41(39)49-43)33-15-9-7-5-6-8-10-16-34-48-40-18-12-14-20-42(40)50-44(48)32-26-36-23-29-38(30-24-36)46(3)4/h11-14,17-32H,5-10,15-16,33-34H2,1-4H3/q+2. The molecule has 0 saturated heterocycles. The molecule has 0 aliphatic rings. The Labute approximate surface area is 307 Å². The molecule has 0 unspecified atom stereocenters. The number of nitrogens with zero attached hydrogens (tertiary/aromatic N) is 4. The molecule has 2 heterocycles. The molecule has 0 N–H and O–H groups in total. The zero-order chi connectivity index (χ0) is 34.7. The summed E-state index contributed by atoms with van der Waals surface area (Å²) < 4.78 is 7.78. The third-order valence-electron chi connectivity index (χ3n) is 9.44. The molecular weight excluding hydrogens is 649 g/mol. The first-order valence-electron chi connectivity index (χ1n) is 18.2. The molecule has 258 valence electrons. The lowest BCUT2D eigenvalue weighted by Crippen LogP contribution is -2.35. The molecule has 50 heavy (non-hydrogen) atoms. The van der Waals surface area contributed by atoms with Gasteiger partial charge in [0.25, 0.3) is 10.0 Å². The van der Waals surface area contributed by atoms with Crippen LogP contribution in [0.25, 0.3) is 44.7 Å². The average Bonchev–Trinajstić information content (AvgIpc) is 3.68. The van der Waals surface area contributed by atoms with Gasteiger partial charge in [-0.3, -0.25) is 0 Å². The van der Waals surface area contributed by atoms with Crippen molar-refractivity contribution in [2.45, 2.75) is 64.5 Å². The second-order valence-electron chi connectivity index (χ2n) is 13.6. The molecule has 0 radical (unpaired) electrons. The van der Waals surface area contributed by atoms with E-state index >= 15 is 0 Å². The van der Waals surface area contributed by atoms with Crippen LogP contribution in [0, 0.1) is 0 Å². The van der Waals surface area contributed by atoms with Gasteiger partial charge in [0.1, 0.15) is 9.40 Å². The van der Waals surface area contributed by atoms with Gasteiger partial charge in [-0.1, -0.05) is 96.9 Å². The Morgan fingerprint density at radius 2 is 0.800 bits per heavy atom. The maximum absolute atomic E-state index is 2.53. The van der Waals surface area contributed by atoms with Gasteiger partial charge in [-0.05, 0) is 72.5 Å². The van der Waals surface area contributed by atoms with E-state index < -0.39 is 0 Å². The third-order valence-corrected chi connectivity index (χ3v) is 11.7. The number of aromatic nitrogens is 2. The van der Waals surface area contributed by atoms with E-state index in [0.29, 0.717) is 0 Å². The van der Waals surface area contributed by atoms with Gasteiger partial charge >= 0.3 is 0 Å². The smallest absolute Gasteiger partial charge is 0.262 e. The molecule has 4 nitrogen and oxygen atoms in total.